The van der Waals surface area contributed by atoms with Gasteiger partial charge < -0.3 is 11.1 Å². The lowest BCUT2D eigenvalue weighted by atomic mass is 10.1. The second-order valence-corrected chi connectivity index (χ2v) is 6.14. The first-order valence-corrected chi connectivity index (χ1v) is 7.84. The van der Waals surface area contributed by atoms with Crippen LogP contribution in [0.5, 0.6) is 0 Å². The number of fused-ring (bicyclic) bond motifs is 1. The van der Waals surface area contributed by atoms with Gasteiger partial charge in [-0.2, -0.15) is 0 Å². The highest BCUT2D eigenvalue weighted by molar-refractivity contribution is 14.1. The van der Waals surface area contributed by atoms with Gasteiger partial charge in [0.1, 0.15) is 4.99 Å². The van der Waals surface area contributed by atoms with Gasteiger partial charge in [0.25, 0.3) is 0 Å². The summed E-state index contributed by atoms with van der Waals surface area (Å²) in [5.74, 6) is 0. The Morgan fingerprint density at radius 3 is 2.57 bits per heavy atom. The Balaban J connectivity index is 2.21. The molecule has 0 bridgehead atoms. The van der Waals surface area contributed by atoms with Gasteiger partial charge in [-0.1, -0.05) is 42.5 Å². The normalized spacial score (nSPS) is 10.5. The molecule has 0 amide bonds. The lowest BCUT2D eigenvalue weighted by molar-refractivity contribution is 1.38. The summed E-state index contributed by atoms with van der Waals surface area (Å²) < 4.78 is 1.13. The van der Waals surface area contributed by atoms with Gasteiger partial charge in [-0.05, 0) is 40.8 Å². The third-order valence-corrected chi connectivity index (χ3v) is 4.34. The van der Waals surface area contributed by atoms with E-state index in [4.69, 9.17) is 18.0 Å². The molecule has 0 spiro atoms. The van der Waals surface area contributed by atoms with Crippen molar-refractivity contribution in [1.29, 1.82) is 0 Å². The fourth-order valence-electron chi connectivity index (χ4n) is 2.16. The van der Waals surface area contributed by atoms with Crippen LogP contribution in [-0.2, 0) is 0 Å². The number of anilines is 2. The highest BCUT2D eigenvalue weighted by Gasteiger charge is 2.12. The van der Waals surface area contributed by atoms with Crippen LogP contribution in [0, 0.1) is 3.57 Å². The average Bonchev–Trinajstić information content (AvgIpc) is 2.49. The Labute approximate surface area is 141 Å². The van der Waals surface area contributed by atoms with Gasteiger partial charge in [-0.3, -0.25) is 4.98 Å². The van der Waals surface area contributed by atoms with Crippen LogP contribution in [0.4, 0.5) is 11.4 Å². The highest BCUT2D eigenvalue weighted by Crippen LogP contribution is 2.30. The van der Waals surface area contributed by atoms with Gasteiger partial charge in [0.15, 0.2) is 0 Å². The third kappa shape index (κ3) is 2.84. The smallest absolute Gasteiger partial charge is 0.107 e. The molecular formula is C16H12IN3S. The van der Waals surface area contributed by atoms with Gasteiger partial charge in [0.05, 0.1) is 22.5 Å². The maximum Gasteiger partial charge on any atom is 0.107 e. The standard InChI is InChI=1S/C16H12IN3S/c17-12-6-2-4-8-14(12)20-15-10-5-1-3-7-13(10)19-9-11(15)16(18)21/h1-9H,(H2,18,21)(H,19,20). The molecule has 3 aromatic rings. The molecule has 0 aliphatic carbocycles. The molecule has 21 heavy (non-hydrogen) atoms. The number of para-hydroxylation sites is 2. The van der Waals surface area contributed by atoms with E-state index in [0.29, 0.717) is 4.99 Å². The number of pyridine rings is 1. The molecule has 2 aromatic carbocycles. The molecule has 0 aliphatic rings. The minimum absolute atomic E-state index is 0.335. The number of rotatable bonds is 3. The lowest BCUT2D eigenvalue weighted by Gasteiger charge is -2.15. The van der Waals surface area contributed by atoms with Crippen LogP contribution in [0.2, 0.25) is 0 Å². The molecule has 3 rings (SSSR count). The van der Waals surface area contributed by atoms with E-state index in [0.717, 1.165) is 31.4 Å². The molecule has 104 valence electrons. The summed E-state index contributed by atoms with van der Waals surface area (Å²) >= 11 is 7.46. The predicted molar refractivity (Wildman–Crippen MR) is 100 cm³/mol. The number of halogens is 1. The quantitative estimate of drug-likeness (QED) is 0.506. The fraction of sp³-hybridized carbons (Fsp3) is 0. The molecule has 5 heteroatoms. The van der Waals surface area contributed by atoms with Crippen molar-refractivity contribution < 1.29 is 0 Å². The van der Waals surface area contributed by atoms with Gasteiger partial charge in [0.2, 0.25) is 0 Å². The van der Waals surface area contributed by atoms with Crippen LogP contribution < -0.4 is 11.1 Å². The summed E-state index contributed by atoms with van der Waals surface area (Å²) in [5.41, 5.74) is 9.43. The van der Waals surface area contributed by atoms with Crippen molar-refractivity contribution >= 4 is 62.1 Å². The van der Waals surface area contributed by atoms with E-state index >= 15 is 0 Å². The molecule has 1 heterocycles. The van der Waals surface area contributed by atoms with E-state index in [9.17, 15) is 0 Å². The van der Waals surface area contributed by atoms with Crippen molar-refractivity contribution in [3.63, 3.8) is 0 Å². The minimum Gasteiger partial charge on any atom is -0.389 e. The zero-order valence-corrected chi connectivity index (χ0v) is 14.0. The largest absolute Gasteiger partial charge is 0.389 e. The van der Waals surface area contributed by atoms with Gasteiger partial charge in [0, 0.05) is 15.2 Å². The Morgan fingerprint density at radius 1 is 1.10 bits per heavy atom. The number of nitrogens with one attached hydrogen (secondary N) is 1. The summed E-state index contributed by atoms with van der Waals surface area (Å²) in [6.07, 6.45) is 1.73. The second kappa shape index (κ2) is 5.95. The monoisotopic (exact) mass is 405 g/mol. The van der Waals surface area contributed by atoms with Crippen molar-refractivity contribution in [1.82, 2.24) is 4.98 Å². The summed E-state index contributed by atoms with van der Waals surface area (Å²) in [7, 11) is 0. The lowest BCUT2D eigenvalue weighted by Crippen LogP contribution is -2.13. The Bertz CT molecular complexity index is 833. The topological polar surface area (TPSA) is 50.9 Å². The van der Waals surface area contributed by atoms with Crippen LogP contribution in [-0.4, -0.2) is 9.97 Å². The first kappa shape index (κ1) is 14.2. The minimum atomic E-state index is 0.335. The third-order valence-electron chi connectivity index (χ3n) is 3.17. The number of aromatic nitrogens is 1. The maximum absolute atomic E-state index is 5.85. The van der Waals surface area contributed by atoms with Crippen molar-refractivity contribution in [2.75, 3.05) is 5.32 Å². The maximum atomic E-state index is 5.85. The highest BCUT2D eigenvalue weighted by atomic mass is 127. The number of hydrogen-bond donors (Lipinski definition) is 2. The molecule has 0 saturated heterocycles. The average molecular weight is 405 g/mol. The van der Waals surface area contributed by atoms with Gasteiger partial charge >= 0.3 is 0 Å². The Morgan fingerprint density at radius 2 is 1.81 bits per heavy atom. The molecule has 3 nitrogen and oxygen atoms in total. The summed E-state index contributed by atoms with van der Waals surface area (Å²) in [6.45, 7) is 0. The number of hydrogen-bond acceptors (Lipinski definition) is 3. The number of benzene rings is 2. The molecule has 0 atom stereocenters. The van der Waals surface area contributed by atoms with Crippen LogP contribution in [0.25, 0.3) is 10.9 Å². The van der Waals surface area contributed by atoms with E-state index < -0.39 is 0 Å². The summed E-state index contributed by atoms with van der Waals surface area (Å²) in [4.78, 5) is 4.75. The van der Waals surface area contributed by atoms with Gasteiger partial charge in [-0.15, -0.1) is 0 Å². The van der Waals surface area contributed by atoms with Crippen LogP contribution >= 0.6 is 34.8 Å². The zero-order chi connectivity index (χ0) is 14.8. The van der Waals surface area contributed by atoms with Crippen molar-refractivity contribution in [3.05, 3.63) is 63.9 Å². The molecule has 0 aliphatic heterocycles. The predicted octanol–water partition coefficient (Wildman–Crippen LogP) is 4.22. The summed E-state index contributed by atoms with van der Waals surface area (Å²) in [5, 5.41) is 4.45. The molecule has 0 fully saturated rings. The molecule has 0 saturated carbocycles. The molecule has 3 N–H and O–H groups in total. The number of thiocarbonyl (C=S) groups is 1. The number of nitrogens with two attached hydrogens (primary N) is 1. The Kier molecular flexibility index (Phi) is 4.03. The van der Waals surface area contributed by atoms with Crippen molar-refractivity contribution in [3.8, 4) is 0 Å². The Hall–Kier alpha value is -1.73. The van der Waals surface area contributed by atoms with Crippen LogP contribution in [0.3, 0.4) is 0 Å². The summed E-state index contributed by atoms with van der Waals surface area (Å²) in [6, 6.07) is 16.0. The molecule has 1 aromatic heterocycles. The fourth-order valence-corrected chi connectivity index (χ4v) is 2.84. The first-order chi connectivity index (χ1) is 10.2. The first-order valence-electron chi connectivity index (χ1n) is 6.36. The number of nitrogens with zero attached hydrogens (tertiary/aromatic N) is 1. The molecule has 0 radical (unpaired) electrons. The van der Waals surface area contributed by atoms with E-state index in [1.165, 1.54) is 0 Å². The van der Waals surface area contributed by atoms with E-state index in [1.54, 1.807) is 6.20 Å². The van der Waals surface area contributed by atoms with E-state index in [1.807, 2.05) is 48.5 Å². The SMILES string of the molecule is NC(=S)c1cnc2ccccc2c1Nc1ccccc1I. The van der Waals surface area contributed by atoms with Gasteiger partial charge in [-0.25, -0.2) is 0 Å². The van der Waals surface area contributed by atoms with Crippen LogP contribution in [0.15, 0.2) is 54.7 Å². The van der Waals surface area contributed by atoms with Crippen molar-refractivity contribution in [2.24, 2.45) is 5.73 Å². The zero-order valence-electron chi connectivity index (χ0n) is 11.0. The van der Waals surface area contributed by atoms with E-state index in [-0.39, 0.29) is 0 Å². The molecule has 0 unspecified atom stereocenters. The van der Waals surface area contributed by atoms with Crippen LogP contribution in [0.1, 0.15) is 5.56 Å². The molecular weight excluding hydrogens is 393 g/mol. The van der Waals surface area contributed by atoms with E-state index in [2.05, 4.69) is 32.9 Å². The second-order valence-electron chi connectivity index (χ2n) is 4.53. The van der Waals surface area contributed by atoms with Crippen molar-refractivity contribution in [2.45, 2.75) is 0 Å².